The fourth-order valence-corrected chi connectivity index (χ4v) is 3.76. The van der Waals surface area contributed by atoms with Crippen LogP contribution in [0.15, 0.2) is 36.7 Å². The smallest absolute Gasteiger partial charge is 0.228 e. The molecule has 1 aromatic carbocycles. The van der Waals surface area contributed by atoms with Crippen molar-refractivity contribution in [3.05, 3.63) is 36.7 Å². The molecule has 4 rings (SSSR count). The predicted octanol–water partition coefficient (Wildman–Crippen LogP) is 3.09. The zero-order valence-corrected chi connectivity index (χ0v) is 16.6. The average molecular weight is 378 g/mol. The number of hydrogen-bond acceptors (Lipinski definition) is 5. The van der Waals surface area contributed by atoms with Crippen LogP contribution in [0.2, 0.25) is 0 Å². The van der Waals surface area contributed by atoms with Crippen LogP contribution in [-0.4, -0.2) is 49.9 Å². The van der Waals surface area contributed by atoms with E-state index in [1.54, 1.807) is 4.68 Å². The highest BCUT2D eigenvalue weighted by Crippen LogP contribution is 2.25. The van der Waals surface area contributed by atoms with E-state index in [0.29, 0.717) is 11.9 Å². The Morgan fingerprint density at radius 3 is 2.61 bits per heavy atom. The Kier molecular flexibility index (Phi) is 5.09. The van der Waals surface area contributed by atoms with Gasteiger partial charge in [0.2, 0.25) is 5.91 Å². The summed E-state index contributed by atoms with van der Waals surface area (Å²) in [4.78, 5) is 15.1. The van der Waals surface area contributed by atoms with E-state index in [2.05, 4.69) is 45.4 Å². The van der Waals surface area contributed by atoms with Crippen LogP contribution in [0.25, 0.3) is 22.0 Å². The maximum Gasteiger partial charge on any atom is 0.228 e. The van der Waals surface area contributed by atoms with E-state index in [1.807, 2.05) is 37.6 Å². The van der Waals surface area contributed by atoms with Crippen LogP contribution in [0.5, 0.6) is 0 Å². The van der Waals surface area contributed by atoms with Gasteiger partial charge in [-0.1, -0.05) is 6.07 Å². The molecule has 3 aromatic rings. The third-order valence-electron chi connectivity index (χ3n) is 5.51. The Labute approximate surface area is 164 Å². The van der Waals surface area contributed by atoms with Crippen LogP contribution in [0, 0.1) is 5.92 Å². The molecule has 7 heteroatoms. The number of carbonyl (C=O) groups excluding carboxylic acids is 1. The first kappa shape index (κ1) is 18.6. The zero-order valence-electron chi connectivity index (χ0n) is 16.6. The standard InChI is InChI=1S/C21H26N6O/c1-14(2)27-8-6-15(7-9-27)21(28)23-20-11-17-10-16(4-5-19(17)24-25-20)18-12-22-26(3)13-18/h4-5,10-15H,6-9H2,1-3H3,(H,23,25,28). The minimum Gasteiger partial charge on any atom is -0.309 e. The second-order valence-electron chi connectivity index (χ2n) is 7.80. The summed E-state index contributed by atoms with van der Waals surface area (Å²) in [5.41, 5.74) is 2.91. The second kappa shape index (κ2) is 7.67. The van der Waals surface area contributed by atoms with Gasteiger partial charge in [0.05, 0.1) is 11.7 Å². The highest BCUT2D eigenvalue weighted by atomic mass is 16.2. The van der Waals surface area contributed by atoms with Crippen LogP contribution < -0.4 is 5.32 Å². The number of rotatable bonds is 4. The van der Waals surface area contributed by atoms with E-state index < -0.39 is 0 Å². The number of likely N-dealkylation sites (tertiary alicyclic amines) is 1. The van der Waals surface area contributed by atoms with Crippen molar-refractivity contribution in [3.63, 3.8) is 0 Å². The number of fused-ring (bicyclic) bond motifs is 1. The summed E-state index contributed by atoms with van der Waals surface area (Å²) in [6.07, 6.45) is 5.58. The molecule has 146 valence electrons. The van der Waals surface area contributed by atoms with Gasteiger partial charge in [0.25, 0.3) is 0 Å². The predicted molar refractivity (Wildman–Crippen MR) is 110 cm³/mol. The highest BCUT2D eigenvalue weighted by molar-refractivity contribution is 5.94. The van der Waals surface area contributed by atoms with E-state index >= 15 is 0 Å². The Hall–Kier alpha value is -2.80. The molecule has 0 spiro atoms. The van der Waals surface area contributed by atoms with Crippen molar-refractivity contribution in [1.29, 1.82) is 0 Å². The van der Waals surface area contributed by atoms with Crippen molar-refractivity contribution in [2.24, 2.45) is 13.0 Å². The van der Waals surface area contributed by atoms with Crippen LogP contribution in [-0.2, 0) is 11.8 Å². The molecule has 0 unspecified atom stereocenters. The summed E-state index contributed by atoms with van der Waals surface area (Å²) in [5, 5.41) is 16.6. The Morgan fingerprint density at radius 2 is 1.93 bits per heavy atom. The fourth-order valence-electron chi connectivity index (χ4n) is 3.76. The lowest BCUT2D eigenvalue weighted by Gasteiger charge is -2.33. The first-order chi connectivity index (χ1) is 13.5. The average Bonchev–Trinajstić information content (AvgIpc) is 3.14. The summed E-state index contributed by atoms with van der Waals surface area (Å²) in [5.74, 6) is 0.585. The molecule has 0 bridgehead atoms. The van der Waals surface area contributed by atoms with Gasteiger partial charge in [0, 0.05) is 36.2 Å². The fraction of sp³-hybridized carbons (Fsp3) is 0.429. The minimum absolute atomic E-state index is 0.0363. The van der Waals surface area contributed by atoms with Crippen molar-refractivity contribution in [2.45, 2.75) is 32.7 Å². The van der Waals surface area contributed by atoms with Gasteiger partial charge in [-0.05, 0) is 63.5 Å². The summed E-state index contributed by atoms with van der Waals surface area (Å²) in [7, 11) is 1.90. The first-order valence-electron chi connectivity index (χ1n) is 9.81. The normalized spacial score (nSPS) is 16.0. The van der Waals surface area contributed by atoms with Crippen LogP contribution in [0.4, 0.5) is 5.82 Å². The maximum atomic E-state index is 12.7. The Balaban J connectivity index is 1.49. The van der Waals surface area contributed by atoms with E-state index in [9.17, 15) is 4.79 Å². The summed E-state index contributed by atoms with van der Waals surface area (Å²) in [6.45, 7) is 6.33. The van der Waals surface area contributed by atoms with Crippen molar-refractivity contribution in [2.75, 3.05) is 18.4 Å². The molecule has 1 saturated heterocycles. The minimum atomic E-state index is 0.0363. The summed E-state index contributed by atoms with van der Waals surface area (Å²) in [6, 6.07) is 8.43. The van der Waals surface area contributed by atoms with Gasteiger partial charge in [0.15, 0.2) is 5.82 Å². The number of amides is 1. The maximum absolute atomic E-state index is 12.7. The molecule has 1 aliphatic heterocycles. The van der Waals surface area contributed by atoms with Gasteiger partial charge in [-0.3, -0.25) is 9.48 Å². The highest BCUT2D eigenvalue weighted by Gasteiger charge is 2.26. The number of nitrogens with one attached hydrogen (secondary N) is 1. The largest absolute Gasteiger partial charge is 0.309 e. The molecule has 0 saturated carbocycles. The number of hydrogen-bond donors (Lipinski definition) is 1. The number of aryl methyl sites for hydroxylation is 1. The molecule has 7 nitrogen and oxygen atoms in total. The molecule has 1 amide bonds. The monoisotopic (exact) mass is 378 g/mol. The number of nitrogens with zero attached hydrogens (tertiary/aromatic N) is 5. The molecular weight excluding hydrogens is 352 g/mol. The van der Waals surface area contributed by atoms with Crippen LogP contribution in [0.3, 0.4) is 0 Å². The van der Waals surface area contributed by atoms with E-state index in [4.69, 9.17) is 0 Å². The Bertz CT molecular complexity index is 987. The molecule has 3 heterocycles. The van der Waals surface area contributed by atoms with Crippen molar-refractivity contribution < 1.29 is 4.79 Å². The molecule has 1 aliphatic rings. The molecule has 0 radical (unpaired) electrons. The number of piperidine rings is 1. The number of aromatic nitrogens is 4. The van der Waals surface area contributed by atoms with Crippen LogP contribution >= 0.6 is 0 Å². The molecule has 0 aliphatic carbocycles. The second-order valence-corrected chi connectivity index (χ2v) is 7.80. The lowest BCUT2D eigenvalue weighted by molar-refractivity contribution is -0.121. The number of anilines is 1. The molecule has 2 aromatic heterocycles. The van der Waals surface area contributed by atoms with Crippen LogP contribution in [0.1, 0.15) is 26.7 Å². The van der Waals surface area contributed by atoms with Crippen molar-refractivity contribution >= 4 is 22.6 Å². The Morgan fingerprint density at radius 1 is 1.14 bits per heavy atom. The molecule has 1 fully saturated rings. The number of benzene rings is 1. The van der Waals surface area contributed by atoms with E-state index in [-0.39, 0.29) is 11.8 Å². The quantitative estimate of drug-likeness (QED) is 0.755. The third kappa shape index (κ3) is 3.89. The van der Waals surface area contributed by atoms with Gasteiger partial charge < -0.3 is 10.2 Å². The van der Waals surface area contributed by atoms with Gasteiger partial charge >= 0.3 is 0 Å². The van der Waals surface area contributed by atoms with Gasteiger partial charge in [0.1, 0.15) is 0 Å². The van der Waals surface area contributed by atoms with Crippen molar-refractivity contribution in [1.82, 2.24) is 24.9 Å². The van der Waals surface area contributed by atoms with Crippen molar-refractivity contribution in [3.8, 4) is 11.1 Å². The zero-order chi connectivity index (χ0) is 19.7. The lowest BCUT2D eigenvalue weighted by atomic mass is 9.95. The van der Waals surface area contributed by atoms with E-state index in [0.717, 1.165) is 48.0 Å². The molecule has 0 atom stereocenters. The van der Waals surface area contributed by atoms with Gasteiger partial charge in [-0.25, -0.2) is 0 Å². The first-order valence-corrected chi connectivity index (χ1v) is 9.81. The van der Waals surface area contributed by atoms with E-state index in [1.165, 1.54) is 0 Å². The molecule has 1 N–H and O–H groups in total. The molecule has 28 heavy (non-hydrogen) atoms. The molecular formula is C21H26N6O. The third-order valence-corrected chi connectivity index (χ3v) is 5.51. The van der Waals surface area contributed by atoms with Gasteiger partial charge in [-0.2, -0.15) is 5.10 Å². The summed E-state index contributed by atoms with van der Waals surface area (Å²) < 4.78 is 1.78. The summed E-state index contributed by atoms with van der Waals surface area (Å²) >= 11 is 0. The topological polar surface area (TPSA) is 75.9 Å². The SMILES string of the molecule is CC(C)N1CCC(C(=O)Nc2cc3cc(-c4cnn(C)c4)ccc3nn2)CC1. The van der Waals surface area contributed by atoms with Gasteiger partial charge in [-0.15, -0.1) is 10.2 Å². The lowest BCUT2D eigenvalue weighted by Crippen LogP contribution is -2.41. The number of carbonyl (C=O) groups is 1.